The van der Waals surface area contributed by atoms with Gasteiger partial charge in [-0.25, -0.2) is 0 Å². The maximum atomic E-state index is 11.4. The number of hydrogen-bond acceptors (Lipinski definition) is 4. The number of carbonyl (C=O) groups is 3. The summed E-state index contributed by atoms with van der Waals surface area (Å²) in [5, 5.41) is 23.6. The number of hydrogen-bond donors (Lipinski definition) is 4. The molecule has 0 aromatic heterocycles. The molecule has 4 N–H and O–H groups in total. The molecule has 2 rings (SSSR count). The van der Waals surface area contributed by atoms with Gasteiger partial charge < -0.3 is 20.8 Å². The van der Waals surface area contributed by atoms with Crippen molar-refractivity contribution < 1.29 is 24.6 Å². The molecule has 1 heterocycles. The summed E-state index contributed by atoms with van der Waals surface area (Å²) in [6, 6.07) is 4.69. The lowest BCUT2D eigenvalue weighted by Crippen LogP contribution is -2.16. The standard InChI is InChI=1S/C13H14N2O5/c16-10(3-4-13(19)20)7-1-2-8-9(5-7)15-12(18)6-11(17)14-8/h1-2,5,10,16H,3-4,6H2,(H,14,17)(H,15,18)(H,19,20). The second kappa shape index (κ2) is 5.70. The summed E-state index contributed by atoms with van der Waals surface area (Å²) < 4.78 is 0. The molecule has 1 aliphatic rings. The van der Waals surface area contributed by atoms with E-state index in [2.05, 4.69) is 10.6 Å². The van der Waals surface area contributed by atoms with E-state index in [0.717, 1.165) is 0 Å². The lowest BCUT2D eigenvalue weighted by atomic mass is 10.0. The van der Waals surface area contributed by atoms with Crippen molar-refractivity contribution in [3.05, 3.63) is 23.8 Å². The van der Waals surface area contributed by atoms with Gasteiger partial charge in [0, 0.05) is 6.42 Å². The average Bonchev–Trinajstić information content (AvgIpc) is 2.51. The van der Waals surface area contributed by atoms with E-state index < -0.39 is 23.9 Å². The number of aliphatic hydroxyl groups excluding tert-OH is 1. The Labute approximate surface area is 114 Å². The van der Waals surface area contributed by atoms with Crippen molar-refractivity contribution >= 4 is 29.2 Å². The molecule has 106 valence electrons. The highest BCUT2D eigenvalue weighted by Gasteiger charge is 2.19. The Kier molecular flexibility index (Phi) is 3.99. The van der Waals surface area contributed by atoms with Crippen molar-refractivity contribution in [2.45, 2.75) is 25.4 Å². The Balaban J connectivity index is 2.20. The van der Waals surface area contributed by atoms with Crippen molar-refractivity contribution in [2.75, 3.05) is 10.6 Å². The summed E-state index contributed by atoms with van der Waals surface area (Å²) in [4.78, 5) is 33.3. The monoisotopic (exact) mass is 278 g/mol. The molecule has 0 saturated heterocycles. The maximum absolute atomic E-state index is 11.4. The molecule has 0 aliphatic carbocycles. The molecule has 7 heteroatoms. The van der Waals surface area contributed by atoms with Crippen LogP contribution < -0.4 is 10.6 Å². The van der Waals surface area contributed by atoms with E-state index >= 15 is 0 Å². The van der Waals surface area contributed by atoms with Gasteiger partial charge in [0.25, 0.3) is 0 Å². The van der Waals surface area contributed by atoms with Gasteiger partial charge in [0.15, 0.2) is 0 Å². The first-order valence-corrected chi connectivity index (χ1v) is 6.09. The molecule has 1 unspecified atom stereocenters. The van der Waals surface area contributed by atoms with Gasteiger partial charge >= 0.3 is 5.97 Å². The van der Waals surface area contributed by atoms with E-state index in [9.17, 15) is 19.5 Å². The molecule has 1 aromatic rings. The van der Waals surface area contributed by atoms with Gasteiger partial charge in [-0.3, -0.25) is 14.4 Å². The second-order valence-electron chi connectivity index (χ2n) is 4.53. The Morgan fingerprint density at radius 2 is 1.85 bits per heavy atom. The third-order valence-corrected chi connectivity index (χ3v) is 2.93. The van der Waals surface area contributed by atoms with Crippen molar-refractivity contribution in [1.29, 1.82) is 0 Å². The number of amides is 2. The number of anilines is 2. The van der Waals surface area contributed by atoms with E-state index in [1.165, 1.54) is 6.07 Å². The summed E-state index contributed by atoms with van der Waals surface area (Å²) in [6.45, 7) is 0. The van der Waals surface area contributed by atoms with E-state index in [1.807, 2.05) is 0 Å². The van der Waals surface area contributed by atoms with Crippen molar-refractivity contribution in [3.63, 3.8) is 0 Å². The molecule has 2 amide bonds. The van der Waals surface area contributed by atoms with Crippen LogP contribution in [0.3, 0.4) is 0 Å². The van der Waals surface area contributed by atoms with Crippen molar-refractivity contribution in [3.8, 4) is 0 Å². The maximum Gasteiger partial charge on any atom is 0.303 e. The summed E-state index contributed by atoms with van der Waals surface area (Å²) in [7, 11) is 0. The SMILES string of the molecule is O=C(O)CCC(O)c1ccc2c(c1)NC(=O)CC(=O)N2. The second-order valence-corrected chi connectivity index (χ2v) is 4.53. The fourth-order valence-electron chi connectivity index (χ4n) is 1.94. The molecule has 7 nitrogen and oxygen atoms in total. The molecule has 0 radical (unpaired) electrons. The Morgan fingerprint density at radius 3 is 2.50 bits per heavy atom. The van der Waals surface area contributed by atoms with Gasteiger partial charge in [-0.05, 0) is 24.1 Å². The predicted molar refractivity (Wildman–Crippen MR) is 70.1 cm³/mol. The molecule has 1 atom stereocenters. The van der Waals surface area contributed by atoms with E-state index in [0.29, 0.717) is 16.9 Å². The first-order chi connectivity index (χ1) is 9.45. The first kappa shape index (κ1) is 14.0. The number of carboxylic acids is 1. The third kappa shape index (κ3) is 3.33. The van der Waals surface area contributed by atoms with Crippen LogP contribution in [-0.2, 0) is 14.4 Å². The number of fused-ring (bicyclic) bond motifs is 1. The summed E-state index contributed by atoms with van der Waals surface area (Å²) in [6.07, 6.45) is -1.27. The number of aliphatic hydroxyl groups is 1. The lowest BCUT2D eigenvalue weighted by Gasteiger charge is -2.13. The number of aliphatic carboxylic acids is 1. The number of carboxylic acid groups (broad SMARTS) is 1. The minimum absolute atomic E-state index is 0.0778. The Morgan fingerprint density at radius 1 is 1.20 bits per heavy atom. The minimum atomic E-state index is -0.987. The highest BCUT2D eigenvalue weighted by atomic mass is 16.4. The van der Waals surface area contributed by atoms with Crippen LogP contribution in [0.15, 0.2) is 18.2 Å². The summed E-state index contributed by atoms with van der Waals surface area (Å²) >= 11 is 0. The Hall–Kier alpha value is -2.41. The van der Waals surface area contributed by atoms with Crippen LogP contribution in [0.5, 0.6) is 0 Å². The zero-order valence-corrected chi connectivity index (χ0v) is 10.5. The van der Waals surface area contributed by atoms with Crippen LogP contribution in [0, 0.1) is 0 Å². The quantitative estimate of drug-likeness (QED) is 0.610. The summed E-state index contributed by atoms with van der Waals surface area (Å²) in [5.74, 6) is -1.82. The largest absolute Gasteiger partial charge is 0.481 e. The van der Waals surface area contributed by atoms with Crippen LogP contribution >= 0.6 is 0 Å². The minimum Gasteiger partial charge on any atom is -0.481 e. The molecule has 0 bridgehead atoms. The van der Waals surface area contributed by atoms with Crippen LogP contribution in [0.1, 0.15) is 30.9 Å². The van der Waals surface area contributed by atoms with Crippen molar-refractivity contribution in [1.82, 2.24) is 0 Å². The molecule has 1 aliphatic heterocycles. The van der Waals surface area contributed by atoms with E-state index in [4.69, 9.17) is 5.11 Å². The molecule has 1 aromatic carbocycles. The van der Waals surface area contributed by atoms with Gasteiger partial charge in [-0.1, -0.05) is 6.07 Å². The average molecular weight is 278 g/mol. The molecule has 20 heavy (non-hydrogen) atoms. The van der Waals surface area contributed by atoms with E-state index in [-0.39, 0.29) is 19.3 Å². The van der Waals surface area contributed by atoms with Gasteiger partial charge in [-0.2, -0.15) is 0 Å². The molecule has 0 fully saturated rings. The van der Waals surface area contributed by atoms with Crippen LogP contribution in [0.4, 0.5) is 11.4 Å². The van der Waals surface area contributed by atoms with Gasteiger partial charge in [0.1, 0.15) is 6.42 Å². The highest BCUT2D eigenvalue weighted by Crippen LogP contribution is 2.29. The normalized spacial score (nSPS) is 15.7. The van der Waals surface area contributed by atoms with Gasteiger partial charge in [0.05, 0.1) is 17.5 Å². The first-order valence-electron chi connectivity index (χ1n) is 6.09. The molecule has 0 saturated carbocycles. The van der Waals surface area contributed by atoms with Gasteiger partial charge in [0.2, 0.25) is 11.8 Å². The molecule has 0 spiro atoms. The lowest BCUT2D eigenvalue weighted by molar-refractivity contribution is -0.137. The van der Waals surface area contributed by atoms with Crippen molar-refractivity contribution in [2.24, 2.45) is 0 Å². The smallest absolute Gasteiger partial charge is 0.303 e. The third-order valence-electron chi connectivity index (χ3n) is 2.93. The number of nitrogens with one attached hydrogen (secondary N) is 2. The fourth-order valence-corrected chi connectivity index (χ4v) is 1.94. The van der Waals surface area contributed by atoms with Crippen LogP contribution in [-0.4, -0.2) is 28.0 Å². The van der Waals surface area contributed by atoms with Crippen LogP contribution in [0.2, 0.25) is 0 Å². The molecular formula is C13H14N2O5. The number of benzene rings is 1. The fraction of sp³-hybridized carbons (Fsp3) is 0.308. The number of rotatable bonds is 4. The Bertz CT molecular complexity index is 570. The molecular weight excluding hydrogens is 264 g/mol. The number of carbonyl (C=O) groups excluding carboxylic acids is 2. The topological polar surface area (TPSA) is 116 Å². The highest BCUT2D eigenvalue weighted by molar-refractivity contribution is 6.13. The predicted octanol–water partition coefficient (Wildman–Crippen LogP) is 0.866. The van der Waals surface area contributed by atoms with Gasteiger partial charge in [-0.15, -0.1) is 0 Å². The van der Waals surface area contributed by atoms with Crippen LogP contribution in [0.25, 0.3) is 0 Å². The van der Waals surface area contributed by atoms with E-state index in [1.54, 1.807) is 12.1 Å². The zero-order valence-electron chi connectivity index (χ0n) is 10.5. The zero-order chi connectivity index (χ0) is 14.7. The summed E-state index contributed by atoms with van der Waals surface area (Å²) in [5.41, 5.74) is 1.34.